The number of hydrogen-bond donors (Lipinski definition) is 0. The maximum atomic E-state index is 12.6. The fourth-order valence-electron chi connectivity index (χ4n) is 1.87. The van der Waals surface area contributed by atoms with Crippen LogP contribution in [-0.4, -0.2) is 37.9 Å². The lowest BCUT2D eigenvalue weighted by atomic mass is 10.4. The minimum Gasteiger partial charge on any atom is -0.465 e. The first-order valence-electron chi connectivity index (χ1n) is 6.38. The second-order valence-electron chi connectivity index (χ2n) is 4.54. The van der Waals surface area contributed by atoms with Crippen LogP contribution in [0.3, 0.4) is 0 Å². The van der Waals surface area contributed by atoms with Crippen molar-refractivity contribution in [3.63, 3.8) is 0 Å². The standard InChI is InChI=1S/C13H16ClNO4S/c1-2-19-13(16)9-15(11-6-7-11)20(17,18)12-5-3-4-10(14)8-12/h3-5,8,11H,2,6-7,9H2,1H3. The topological polar surface area (TPSA) is 63.7 Å². The molecule has 0 saturated heterocycles. The highest BCUT2D eigenvalue weighted by molar-refractivity contribution is 7.89. The molecule has 0 aliphatic heterocycles. The normalized spacial score (nSPS) is 15.3. The zero-order valence-electron chi connectivity index (χ0n) is 11.1. The first-order valence-corrected chi connectivity index (χ1v) is 8.20. The minimum absolute atomic E-state index is 0.0983. The molecule has 0 aromatic heterocycles. The molecule has 0 atom stereocenters. The van der Waals surface area contributed by atoms with Crippen molar-refractivity contribution < 1.29 is 17.9 Å². The van der Waals surface area contributed by atoms with E-state index in [0.29, 0.717) is 5.02 Å². The number of nitrogens with zero attached hydrogens (tertiary/aromatic N) is 1. The molecular formula is C13H16ClNO4S. The first kappa shape index (κ1) is 15.3. The van der Waals surface area contributed by atoms with E-state index >= 15 is 0 Å². The van der Waals surface area contributed by atoms with Crippen molar-refractivity contribution in [1.29, 1.82) is 0 Å². The summed E-state index contributed by atoms with van der Waals surface area (Å²) in [5, 5.41) is 0.345. The van der Waals surface area contributed by atoms with Gasteiger partial charge in [-0.15, -0.1) is 0 Å². The first-order chi connectivity index (χ1) is 9.45. The Morgan fingerprint density at radius 3 is 2.70 bits per heavy atom. The molecule has 20 heavy (non-hydrogen) atoms. The number of ether oxygens (including phenoxy) is 1. The number of carbonyl (C=O) groups is 1. The lowest BCUT2D eigenvalue weighted by Gasteiger charge is -2.20. The number of benzene rings is 1. The van der Waals surface area contributed by atoms with Gasteiger partial charge < -0.3 is 4.74 Å². The molecule has 0 amide bonds. The molecule has 1 aromatic carbocycles. The molecule has 2 rings (SSSR count). The lowest BCUT2D eigenvalue weighted by Crippen LogP contribution is -2.38. The lowest BCUT2D eigenvalue weighted by molar-refractivity contribution is -0.143. The Hall–Kier alpha value is -1.11. The third-order valence-corrected chi connectivity index (χ3v) is 5.08. The van der Waals surface area contributed by atoms with Gasteiger partial charge in [-0.2, -0.15) is 4.31 Å². The molecule has 110 valence electrons. The number of rotatable bonds is 6. The van der Waals surface area contributed by atoms with E-state index in [1.54, 1.807) is 19.1 Å². The van der Waals surface area contributed by atoms with E-state index in [2.05, 4.69) is 0 Å². The second-order valence-corrected chi connectivity index (χ2v) is 6.87. The number of sulfonamides is 1. The monoisotopic (exact) mass is 317 g/mol. The van der Waals surface area contributed by atoms with Gasteiger partial charge in [-0.3, -0.25) is 4.79 Å². The van der Waals surface area contributed by atoms with Crippen LogP contribution in [0.2, 0.25) is 5.02 Å². The van der Waals surface area contributed by atoms with Crippen LogP contribution in [0.25, 0.3) is 0 Å². The number of carbonyl (C=O) groups excluding carboxylic acids is 1. The average Bonchev–Trinajstić information content (AvgIpc) is 3.20. The van der Waals surface area contributed by atoms with Crippen LogP contribution in [-0.2, 0) is 19.6 Å². The van der Waals surface area contributed by atoms with E-state index in [4.69, 9.17) is 16.3 Å². The van der Waals surface area contributed by atoms with Gasteiger partial charge in [-0.1, -0.05) is 17.7 Å². The summed E-state index contributed by atoms with van der Waals surface area (Å²) in [6, 6.07) is 5.92. The molecule has 0 radical (unpaired) electrons. The molecule has 0 heterocycles. The molecule has 0 spiro atoms. The summed E-state index contributed by atoms with van der Waals surface area (Å²) in [6.07, 6.45) is 1.53. The van der Waals surface area contributed by atoms with Crippen LogP contribution in [0, 0.1) is 0 Å². The molecule has 0 unspecified atom stereocenters. The second kappa shape index (κ2) is 6.11. The quantitative estimate of drug-likeness (QED) is 0.753. The summed E-state index contributed by atoms with van der Waals surface area (Å²) in [5.41, 5.74) is 0. The van der Waals surface area contributed by atoms with Crippen LogP contribution in [0.5, 0.6) is 0 Å². The highest BCUT2D eigenvalue weighted by atomic mass is 35.5. The Kier molecular flexibility index (Phi) is 4.67. The number of hydrogen-bond acceptors (Lipinski definition) is 4. The largest absolute Gasteiger partial charge is 0.465 e. The highest BCUT2D eigenvalue weighted by Crippen LogP contribution is 2.32. The minimum atomic E-state index is -3.73. The van der Waals surface area contributed by atoms with Crippen molar-refractivity contribution in [3.05, 3.63) is 29.3 Å². The van der Waals surface area contributed by atoms with Crippen LogP contribution < -0.4 is 0 Å². The van der Waals surface area contributed by atoms with Crippen molar-refractivity contribution in [3.8, 4) is 0 Å². The molecule has 1 aromatic rings. The third-order valence-electron chi connectivity index (χ3n) is 2.95. The third kappa shape index (κ3) is 3.50. The summed E-state index contributed by atoms with van der Waals surface area (Å²) in [6.45, 7) is 1.66. The maximum Gasteiger partial charge on any atom is 0.321 e. The summed E-state index contributed by atoms with van der Waals surface area (Å²) in [5.74, 6) is -0.537. The predicted molar refractivity (Wildman–Crippen MR) is 75.0 cm³/mol. The Morgan fingerprint density at radius 2 is 2.15 bits per heavy atom. The fraction of sp³-hybridized carbons (Fsp3) is 0.462. The number of halogens is 1. The zero-order valence-corrected chi connectivity index (χ0v) is 12.7. The smallest absolute Gasteiger partial charge is 0.321 e. The van der Waals surface area contributed by atoms with Gasteiger partial charge in [0.2, 0.25) is 10.0 Å². The molecule has 0 N–H and O–H groups in total. The molecule has 5 nitrogen and oxygen atoms in total. The van der Waals surface area contributed by atoms with Crippen LogP contribution in [0.4, 0.5) is 0 Å². The van der Waals surface area contributed by atoms with Crippen molar-refractivity contribution in [1.82, 2.24) is 4.31 Å². The van der Waals surface area contributed by atoms with Gasteiger partial charge in [0.05, 0.1) is 11.5 Å². The summed E-state index contributed by atoms with van der Waals surface area (Å²) in [7, 11) is -3.73. The van der Waals surface area contributed by atoms with Crippen molar-refractivity contribution in [2.75, 3.05) is 13.2 Å². The predicted octanol–water partition coefficient (Wildman–Crippen LogP) is 2.06. The van der Waals surface area contributed by atoms with Crippen LogP contribution in [0.1, 0.15) is 19.8 Å². The Morgan fingerprint density at radius 1 is 1.45 bits per heavy atom. The van der Waals surface area contributed by atoms with Gasteiger partial charge >= 0.3 is 5.97 Å². The molecular weight excluding hydrogens is 302 g/mol. The molecule has 7 heteroatoms. The Balaban J connectivity index is 2.26. The average molecular weight is 318 g/mol. The van der Waals surface area contributed by atoms with Gasteiger partial charge in [0, 0.05) is 11.1 Å². The van der Waals surface area contributed by atoms with Gasteiger partial charge in [-0.25, -0.2) is 8.42 Å². The molecule has 1 saturated carbocycles. The van der Waals surface area contributed by atoms with Gasteiger partial charge in [-0.05, 0) is 38.0 Å². The van der Waals surface area contributed by atoms with E-state index in [0.717, 1.165) is 12.8 Å². The molecule has 1 aliphatic rings. The van der Waals surface area contributed by atoms with Crippen molar-refractivity contribution in [2.45, 2.75) is 30.7 Å². The van der Waals surface area contributed by atoms with Crippen LogP contribution >= 0.6 is 11.6 Å². The Labute approximate surface area is 123 Å². The summed E-state index contributed by atoms with van der Waals surface area (Å²) >= 11 is 5.83. The van der Waals surface area contributed by atoms with E-state index in [9.17, 15) is 13.2 Å². The van der Waals surface area contributed by atoms with E-state index in [-0.39, 0.29) is 24.1 Å². The van der Waals surface area contributed by atoms with E-state index in [1.807, 2.05) is 0 Å². The Bertz CT molecular complexity index is 598. The van der Waals surface area contributed by atoms with Crippen molar-refractivity contribution >= 4 is 27.6 Å². The van der Waals surface area contributed by atoms with E-state index in [1.165, 1.54) is 16.4 Å². The van der Waals surface area contributed by atoms with Crippen LogP contribution in [0.15, 0.2) is 29.2 Å². The fourth-order valence-corrected chi connectivity index (χ4v) is 3.80. The maximum absolute atomic E-state index is 12.6. The SMILES string of the molecule is CCOC(=O)CN(C1CC1)S(=O)(=O)c1cccc(Cl)c1. The van der Waals surface area contributed by atoms with Gasteiger partial charge in [0.1, 0.15) is 6.54 Å². The van der Waals surface area contributed by atoms with Crippen molar-refractivity contribution in [2.24, 2.45) is 0 Å². The van der Waals surface area contributed by atoms with Gasteiger partial charge in [0.15, 0.2) is 0 Å². The highest BCUT2D eigenvalue weighted by Gasteiger charge is 2.39. The summed E-state index contributed by atoms with van der Waals surface area (Å²) < 4.78 is 31.2. The molecule has 1 aliphatic carbocycles. The summed E-state index contributed by atoms with van der Waals surface area (Å²) in [4.78, 5) is 11.7. The zero-order chi connectivity index (χ0) is 14.8. The molecule has 1 fully saturated rings. The van der Waals surface area contributed by atoms with Gasteiger partial charge in [0.25, 0.3) is 0 Å². The van der Waals surface area contributed by atoms with E-state index < -0.39 is 16.0 Å². The number of esters is 1. The molecule has 0 bridgehead atoms.